The van der Waals surface area contributed by atoms with E-state index in [0.717, 1.165) is 55.0 Å². The molecule has 1 saturated heterocycles. The SMILES string of the molecule is N#Cc1cccnc1N1CCCN(c2cncc(SCc3ccccc3)n2)CC1. The molecule has 0 radical (unpaired) electrons. The first-order valence-corrected chi connectivity index (χ1v) is 10.7. The van der Waals surface area contributed by atoms with E-state index in [2.05, 4.69) is 50.1 Å². The third-order valence-corrected chi connectivity index (χ3v) is 5.83. The topological polar surface area (TPSA) is 68.9 Å². The van der Waals surface area contributed by atoms with Crippen molar-refractivity contribution in [3.05, 3.63) is 72.2 Å². The Bertz CT molecular complexity index is 988. The van der Waals surface area contributed by atoms with Gasteiger partial charge < -0.3 is 9.80 Å². The van der Waals surface area contributed by atoms with E-state index in [0.29, 0.717) is 5.56 Å². The predicted octanol–water partition coefficient (Wildman–Crippen LogP) is 3.75. The highest BCUT2D eigenvalue weighted by molar-refractivity contribution is 7.98. The van der Waals surface area contributed by atoms with Gasteiger partial charge in [-0.05, 0) is 24.1 Å². The van der Waals surface area contributed by atoms with E-state index in [1.807, 2.05) is 24.5 Å². The summed E-state index contributed by atoms with van der Waals surface area (Å²) < 4.78 is 0. The molecule has 0 unspecified atom stereocenters. The number of aromatic nitrogens is 3. The molecule has 2 aromatic heterocycles. The van der Waals surface area contributed by atoms with Crippen LogP contribution in [0.25, 0.3) is 0 Å². The van der Waals surface area contributed by atoms with Crippen molar-refractivity contribution in [1.82, 2.24) is 15.0 Å². The van der Waals surface area contributed by atoms with Crippen LogP contribution in [-0.4, -0.2) is 41.1 Å². The van der Waals surface area contributed by atoms with Gasteiger partial charge in [0.2, 0.25) is 0 Å². The molecule has 3 aromatic rings. The molecule has 0 atom stereocenters. The summed E-state index contributed by atoms with van der Waals surface area (Å²) in [6.45, 7) is 3.41. The molecule has 0 amide bonds. The first-order valence-electron chi connectivity index (χ1n) is 9.67. The number of anilines is 2. The highest BCUT2D eigenvalue weighted by Crippen LogP contribution is 2.24. The Hall–Kier alpha value is -3.11. The van der Waals surface area contributed by atoms with Crippen LogP contribution in [0.2, 0.25) is 0 Å². The third-order valence-electron chi connectivity index (χ3n) is 4.86. The zero-order chi connectivity index (χ0) is 19.9. The van der Waals surface area contributed by atoms with Crippen molar-refractivity contribution < 1.29 is 0 Å². The lowest BCUT2D eigenvalue weighted by molar-refractivity contribution is 0.786. The summed E-state index contributed by atoms with van der Waals surface area (Å²) in [7, 11) is 0. The second-order valence-corrected chi connectivity index (χ2v) is 7.80. The quantitative estimate of drug-likeness (QED) is 0.602. The van der Waals surface area contributed by atoms with Crippen LogP contribution < -0.4 is 9.80 Å². The molecule has 1 aliphatic rings. The molecule has 0 aliphatic carbocycles. The molecule has 0 spiro atoms. The molecule has 1 aliphatic heterocycles. The van der Waals surface area contributed by atoms with Gasteiger partial charge in [-0.1, -0.05) is 30.3 Å². The van der Waals surface area contributed by atoms with Gasteiger partial charge in [0.05, 0.1) is 18.0 Å². The monoisotopic (exact) mass is 402 g/mol. The van der Waals surface area contributed by atoms with E-state index >= 15 is 0 Å². The molecule has 0 bridgehead atoms. The van der Waals surface area contributed by atoms with Crippen molar-refractivity contribution in [3.8, 4) is 6.07 Å². The molecular weight excluding hydrogens is 380 g/mol. The van der Waals surface area contributed by atoms with Crippen molar-refractivity contribution in [2.75, 3.05) is 36.0 Å². The van der Waals surface area contributed by atoms with Crippen LogP contribution in [-0.2, 0) is 5.75 Å². The maximum absolute atomic E-state index is 9.37. The van der Waals surface area contributed by atoms with Crippen molar-refractivity contribution in [2.24, 2.45) is 0 Å². The Balaban J connectivity index is 1.42. The second-order valence-electron chi connectivity index (χ2n) is 6.80. The lowest BCUT2D eigenvalue weighted by Crippen LogP contribution is -2.32. The van der Waals surface area contributed by atoms with E-state index in [4.69, 9.17) is 4.98 Å². The molecule has 6 nitrogen and oxygen atoms in total. The number of rotatable bonds is 5. The molecule has 0 saturated carbocycles. The number of hydrogen-bond donors (Lipinski definition) is 0. The Morgan fingerprint density at radius 1 is 0.966 bits per heavy atom. The molecule has 29 heavy (non-hydrogen) atoms. The minimum atomic E-state index is 0.625. The number of hydrogen-bond acceptors (Lipinski definition) is 7. The van der Waals surface area contributed by atoms with Gasteiger partial charge in [-0.3, -0.25) is 4.98 Å². The molecule has 4 rings (SSSR count). The van der Waals surface area contributed by atoms with E-state index in [9.17, 15) is 5.26 Å². The number of nitriles is 1. The predicted molar refractivity (Wildman–Crippen MR) is 116 cm³/mol. The van der Waals surface area contributed by atoms with Crippen LogP contribution in [0.3, 0.4) is 0 Å². The minimum absolute atomic E-state index is 0.625. The number of thioether (sulfide) groups is 1. The Morgan fingerprint density at radius 2 is 1.79 bits per heavy atom. The van der Waals surface area contributed by atoms with E-state index in [-0.39, 0.29) is 0 Å². The highest BCUT2D eigenvalue weighted by atomic mass is 32.2. The number of pyridine rings is 1. The average molecular weight is 403 g/mol. The molecule has 7 heteroatoms. The minimum Gasteiger partial charge on any atom is -0.354 e. The second kappa shape index (κ2) is 9.39. The van der Waals surface area contributed by atoms with Gasteiger partial charge in [-0.2, -0.15) is 5.26 Å². The fourth-order valence-corrected chi connectivity index (χ4v) is 4.19. The lowest BCUT2D eigenvalue weighted by Gasteiger charge is -2.24. The smallest absolute Gasteiger partial charge is 0.148 e. The molecule has 1 fully saturated rings. The maximum Gasteiger partial charge on any atom is 0.148 e. The standard InChI is InChI=1S/C22H22N6S/c23-14-19-8-4-9-25-22(19)28-11-5-10-27(12-13-28)20-15-24-16-21(26-20)29-17-18-6-2-1-3-7-18/h1-4,6-9,15-16H,5,10-13,17H2. The normalized spacial score (nSPS) is 14.3. The molecule has 146 valence electrons. The van der Waals surface area contributed by atoms with Gasteiger partial charge in [0.1, 0.15) is 22.7 Å². The Labute approximate surface area is 175 Å². The summed E-state index contributed by atoms with van der Waals surface area (Å²) in [5.74, 6) is 2.56. The highest BCUT2D eigenvalue weighted by Gasteiger charge is 2.19. The Kier molecular flexibility index (Phi) is 6.22. The largest absolute Gasteiger partial charge is 0.354 e. The van der Waals surface area contributed by atoms with E-state index in [1.54, 1.807) is 24.0 Å². The van der Waals surface area contributed by atoms with Gasteiger partial charge in [-0.25, -0.2) is 9.97 Å². The van der Waals surface area contributed by atoms with Crippen molar-refractivity contribution in [3.63, 3.8) is 0 Å². The summed E-state index contributed by atoms with van der Waals surface area (Å²) >= 11 is 1.70. The summed E-state index contributed by atoms with van der Waals surface area (Å²) in [6, 6.07) is 16.3. The molecule has 1 aromatic carbocycles. The number of nitrogens with zero attached hydrogens (tertiary/aromatic N) is 6. The van der Waals surface area contributed by atoms with Gasteiger partial charge in [-0.15, -0.1) is 11.8 Å². The first-order chi connectivity index (χ1) is 14.3. The zero-order valence-corrected chi connectivity index (χ0v) is 16.9. The maximum atomic E-state index is 9.37. The van der Waals surface area contributed by atoms with Gasteiger partial charge in [0, 0.05) is 38.1 Å². The van der Waals surface area contributed by atoms with E-state index < -0.39 is 0 Å². The van der Waals surface area contributed by atoms with Crippen LogP contribution in [0, 0.1) is 11.3 Å². The van der Waals surface area contributed by atoms with E-state index in [1.165, 1.54) is 5.56 Å². The fraction of sp³-hybridized carbons (Fsp3) is 0.273. The summed E-state index contributed by atoms with van der Waals surface area (Å²) in [6.07, 6.45) is 6.39. The zero-order valence-electron chi connectivity index (χ0n) is 16.1. The van der Waals surface area contributed by atoms with Crippen molar-refractivity contribution in [1.29, 1.82) is 5.26 Å². The summed E-state index contributed by atoms with van der Waals surface area (Å²) in [5, 5.41) is 10.3. The van der Waals surface area contributed by atoms with Crippen LogP contribution in [0.15, 0.2) is 66.1 Å². The van der Waals surface area contributed by atoms with Gasteiger partial charge >= 0.3 is 0 Å². The average Bonchev–Trinajstić information content (AvgIpc) is 3.05. The third kappa shape index (κ3) is 4.84. The van der Waals surface area contributed by atoms with Gasteiger partial charge in [0.15, 0.2) is 0 Å². The molecule has 3 heterocycles. The molecule has 0 N–H and O–H groups in total. The first kappa shape index (κ1) is 19.2. The van der Waals surface area contributed by atoms with Gasteiger partial charge in [0.25, 0.3) is 0 Å². The van der Waals surface area contributed by atoms with Crippen LogP contribution >= 0.6 is 11.8 Å². The lowest BCUT2D eigenvalue weighted by atomic mass is 10.2. The Morgan fingerprint density at radius 3 is 2.66 bits per heavy atom. The fourth-order valence-electron chi connectivity index (χ4n) is 3.39. The van der Waals surface area contributed by atoms with Crippen molar-refractivity contribution in [2.45, 2.75) is 17.2 Å². The summed E-state index contributed by atoms with van der Waals surface area (Å²) in [4.78, 5) is 18.1. The summed E-state index contributed by atoms with van der Waals surface area (Å²) in [5.41, 5.74) is 1.90. The molecular formula is C22H22N6S. The number of benzene rings is 1. The van der Waals surface area contributed by atoms with Crippen LogP contribution in [0.4, 0.5) is 11.6 Å². The van der Waals surface area contributed by atoms with Crippen molar-refractivity contribution >= 4 is 23.4 Å². The van der Waals surface area contributed by atoms with Crippen LogP contribution in [0.1, 0.15) is 17.5 Å². The van der Waals surface area contributed by atoms with Crippen LogP contribution in [0.5, 0.6) is 0 Å².